The Morgan fingerprint density at radius 2 is 1.59 bits per heavy atom. The van der Waals surface area contributed by atoms with Gasteiger partial charge in [0.1, 0.15) is 11.5 Å². The first-order valence-corrected chi connectivity index (χ1v) is 9.10. The molecule has 2 aromatic carbocycles. The summed E-state index contributed by atoms with van der Waals surface area (Å²) in [4.78, 5) is 9.02. The van der Waals surface area contributed by atoms with Crippen LogP contribution in [-0.4, -0.2) is 30.4 Å². The molecule has 29 heavy (non-hydrogen) atoms. The lowest BCUT2D eigenvalue weighted by Crippen LogP contribution is -1.98. The average Bonchev–Trinajstić information content (AvgIpc) is 2.79. The van der Waals surface area contributed by atoms with Crippen LogP contribution in [0.5, 0.6) is 11.5 Å². The molecule has 0 radical (unpaired) electrons. The Hall–Kier alpha value is -3.93. The van der Waals surface area contributed by atoms with Crippen molar-refractivity contribution >= 4 is 23.1 Å². The molecule has 2 aromatic heterocycles. The van der Waals surface area contributed by atoms with Gasteiger partial charge in [-0.15, -0.1) is 0 Å². The molecular formula is C23H20N4O2. The largest absolute Gasteiger partial charge is 0.497 e. The molecule has 1 N–H and O–H groups in total. The highest BCUT2D eigenvalue weighted by molar-refractivity contribution is 5.88. The molecule has 0 amide bonds. The van der Waals surface area contributed by atoms with Crippen molar-refractivity contribution in [2.75, 3.05) is 19.6 Å². The Balaban J connectivity index is 1.68. The first kappa shape index (κ1) is 18.4. The minimum atomic E-state index is 0.631. The number of rotatable bonds is 6. The van der Waals surface area contributed by atoms with Gasteiger partial charge in [0.25, 0.3) is 0 Å². The highest BCUT2D eigenvalue weighted by atomic mass is 16.5. The van der Waals surface area contributed by atoms with Gasteiger partial charge in [-0.05, 0) is 65.7 Å². The van der Waals surface area contributed by atoms with Crippen molar-refractivity contribution in [2.45, 2.75) is 0 Å². The molecule has 2 heterocycles. The fourth-order valence-electron chi connectivity index (χ4n) is 2.94. The van der Waals surface area contributed by atoms with E-state index in [1.807, 2.05) is 60.7 Å². The molecule has 0 saturated heterocycles. The normalized spacial score (nSPS) is 11.0. The molecule has 0 spiro atoms. The number of ether oxygens (including phenoxy) is 2. The predicted octanol–water partition coefficient (Wildman–Crippen LogP) is 4.76. The summed E-state index contributed by atoms with van der Waals surface area (Å²) < 4.78 is 10.4. The molecule has 4 aromatic rings. The number of anilines is 1. The third-order valence-electron chi connectivity index (χ3n) is 4.49. The fraction of sp³-hybridized carbons (Fsp3) is 0.0870. The molecule has 0 aliphatic rings. The van der Waals surface area contributed by atoms with Crippen LogP contribution in [0.4, 0.5) is 5.82 Å². The van der Waals surface area contributed by atoms with Gasteiger partial charge in [-0.1, -0.05) is 12.1 Å². The van der Waals surface area contributed by atoms with E-state index in [4.69, 9.17) is 9.47 Å². The second-order valence-corrected chi connectivity index (χ2v) is 6.31. The van der Waals surface area contributed by atoms with Crippen LogP contribution in [0.3, 0.4) is 0 Å². The summed E-state index contributed by atoms with van der Waals surface area (Å²) in [7, 11) is 3.30. The van der Waals surface area contributed by atoms with Crippen LogP contribution in [0.15, 0.2) is 78.0 Å². The van der Waals surface area contributed by atoms with Crippen LogP contribution in [-0.2, 0) is 0 Å². The lowest BCUT2D eigenvalue weighted by atomic mass is 10.0. The first-order chi connectivity index (χ1) is 14.3. The Kier molecular flexibility index (Phi) is 5.33. The van der Waals surface area contributed by atoms with E-state index in [0.717, 1.165) is 33.6 Å². The Morgan fingerprint density at radius 1 is 0.897 bits per heavy atom. The van der Waals surface area contributed by atoms with Crippen LogP contribution < -0.4 is 14.9 Å². The van der Waals surface area contributed by atoms with Crippen molar-refractivity contribution in [3.8, 4) is 22.6 Å². The number of aromatic nitrogens is 2. The maximum absolute atomic E-state index is 5.26. The van der Waals surface area contributed by atoms with E-state index in [9.17, 15) is 0 Å². The van der Waals surface area contributed by atoms with Gasteiger partial charge in [0, 0.05) is 17.1 Å². The Morgan fingerprint density at radius 3 is 2.28 bits per heavy atom. The van der Waals surface area contributed by atoms with Gasteiger partial charge in [-0.3, -0.25) is 5.43 Å². The van der Waals surface area contributed by atoms with Gasteiger partial charge in [-0.2, -0.15) is 5.10 Å². The predicted molar refractivity (Wildman–Crippen MR) is 116 cm³/mol. The van der Waals surface area contributed by atoms with Crippen LogP contribution in [0, 0.1) is 0 Å². The van der Waals surface area contributed by atoms with Crippen LogP contribution in [0.1, 0.15) is 5.56 Å². The van der Waals surface area contributed by atoms with E-state index in [0.29, 0.717) is 11.5 Å². The molecule has 4 rings (SSSR count). The van der Waals surface area contributed by atoms with E-state index < -0.39 is 0 Å². The zero-order chi connectivity index (χ0) is 20.1. The molecule has 144 valence electrons. The number of nitrogens with one attached hydrogen (secondary N) is 1. The zero-order valence-corrected chi connectivity index (χ0v) is 16.2. The van der Waals surface area contributed by atoms with Gasteiger partial charge < -0.3 is 9.47 Å². The van der Waals surface area contributed by atoms with Crippen LogP contribution in [0.2, 0.25) is 0 Å². The van der Waals surface area contributed by atoms with Crippen LogP contribution in [0.25, 0.3) is 22.2 Å². The van der Waals surface area contributed by atoms with Crippen molar-refractivity contribution in [3.05, 3.63) is 78.5 Å². The van der Waals surface area contributed by atoms with E-state index in [1.54, 1.807) is 26.6 Å². The maximum atomic E-state index is 5.26. The molecule has 0 bridgehead atoms. The van der Waals surface area contributed by atoms with E-state index in [1.165, 1.54) is 0 Å². The molecule has 0 aliphatic heterocycles. The van der Waals surface area contributed by atoms with E-state index in [-0.39, 0.29) is 0 Å². The topological polar surface area (TPSA) is 68.6 Å². The molecule has 0 fully saturated rings. The molecule has 6 nitrogen and oxygen atoms in total. The van der Waals surface area contributed by atoms with Gasteiger partial charge in [0.05, 0.1) is 20.4 Å². The minimum absolute atomic E-state index is 0.631. The first-order valence-electron chi connectivity index (χ1n) is 9.10. The highest BCUT2D eigenvalue weighted by Crippen LogP contribution is 2.30. The SMILES string of the molecule is COc1ccc(/C=N/Nc2nc3ncccc3cc2-c2ccc(OC)cc2)cc1. The number of methoxy groups -OCH3 is 2. The maximum Gasteiger partial charge on any atom is 0.161 e. The molecule has 0 saturated carbocycles. The standard InChI is InChI=1S/C23H20N4O2/c1-28-19-9-5-16(6-10-19)15-25-27-23-21(17-7-11-20(29-2)12-8-17)14-18-4-3-13-24-22(18)26-23/h3-15H,1-2H3,(H,24,26,27)/b25-15+. The zero-order valence-electron chi connectivity index (χ0n) is 16.2. The number of nitrogens with zero attached hydrogens (tertiary/aromatic N) is 3. The number of benzene rings is 2. The number of hydrogen-bond acceptors (Lipinski definition) is 6. The number of hydrogen-bond donors (Lipinski definition) is 1. The van der Waals surface area contributed by atoms with Crippen molar-refractivity contribution in [3.63, 3.8) is 0 Å². The molecule has 0 unspecified atom stereocenters. The summed E-state index contributed by atoms with van der Waals surface area (Å²) in [6.45, 7) is 0. The number of fused-ring (bicyclic) bond motifs is 1. The summed E-state index contributed by atoms with van der Waals surface area (Å²) in [5.41, 5.74) is 6.61. The smallest absolute Gasteiger partial charge is 0.161 e. The monoisotopic (exact) mass is 384 g/mol. The Labute approximate surface area is 168 Å². The van der Waals surface area contributed by atoms with Crippen LogP contribution >= 0.6 is 0 Å². The second-order valence-electron chi connectivity index (χ2n) is 6.31. The number of pyridine rings is 2. The minimum Gasteiger partial charge on any atom is -0.497 e. The highest BCUT2D eigenvalue weighted by Gasteiger charge is 2.10. The third kappa shape index (κ3) is 4.16. The molecule has 0 aliphatic carbocycles. The van der Waals surface area contributed by atoms with Crippen molar-refractivity contribution in [1.82, 2.24) is 9.97 Å². The third-order valence-corrected chi connectivity index (χ3v) is 4.49. The molecule has 0 atom stereocenters. The number of hydrazone groups is 1. The lowest BCUT2D eigenvalue weighted by Gasteiger charge is -2.10. The molecule has 6 heteroatoms. The van der Waals surface area contributed by atoms with Crippen molar-refractivity contribution in [1.29, 1.82) is 0 Å². The van der Waals surface area contributed by atoms with Gasteiger partial charge >= 0.3 is 0 Å². The Bertz CT molecular complexity index is 1140. The van der Waals surface area contributed by atoms with Crippen molar-refractivity contribution in [2.24, 2.45) is 5.10 Å². The summed E-state index contributed by atoms with van der Waals surface area (Å²) >= 11 is 0. The lowest BCUT2D eigenvalue weighted by molar-refractivity contribution is 0.414. The summed E-state index contributed by atoms with van der Waals surface area (Å²) in [6.07, 6.45) is 3.47. The van der Waals surface area contributed by atoms with E-state index >= 15 is 0 Å². The second kappa shape index (κ2) is 8.39. The quantitative estimate of drug-likeness (QED) is 0.383. The summed E-state index contributed by atoms with van der Waals surface area (Å²) in [5, 5.41) is 5.32. The van der Waals surface area contributed by atoms with Gasteiger partial charge in [0.2, 0.25) is 0 Å². The van der Waals surface area contributed by atoms with Gasteiger partial charge in [0.15, 0.2) is 11.5 Å². The fourth-order valence-corrected chi connectivity index (χ4v) is 2.94. The summed E-state index contributed by atoms with van der Waals surface area (Å²) in [6, 6.07) is 21.4. The van der Waals surface area contributed by atoms with Gasteiger partial charge in [-0.25, -0.2) is 9.97 Å². The van der Waals surface area contributed by atoms with E-state index in [2.05, 4.69) is 26.6 Å². The average molecular weight is 384 g/mol. The summed E-state index contributed by atoms with van der Waals surface area (Å²) in [5.74, 6) is 2.24. The molecular weight excluding hydrogens is 364 g/mol. The van der Waals surface area contributed by atoms with Crippen molar-refractivity contribution < 1.29 is 9.47 Å².